The van der Waals surface area contributed by atoms with Gasteiger partial charge in [-0.3, -0.25) is 9.59 Å². The van der Waals surface area contributed by atoms with E-state index < -0.39 is 11.8 Å². The summed E-state index contributed by atoms with van der Waals surface area (Å²) >= 11 is 0. The fraction of sp³-hybridized carbons (Fsp3) is 0.600. The lowest BCUT2D eigenvalue weighted by Crippen LogP contribution is -2.39. The van der Waals surface area contributed by atoms with Crippen LogP contribution in [0.3, 0.4) is 0 Å². The SMILES string of the molecule is Cc1cccc(C(C)C)c1NC(=O)C(=O)NCCCN1CCC(O)CC1. The maximum Gasteiger partial charge on any atom is 0.313 e. The monoisotopic (exact) mass is 361 g/mol. The van der Waals surface area contributed by atoms with Crippen LogP contribution in [-0.2, 0) is 9.59 Å². The highest BCUT2D eigenvalue weighted by molar-refractivity contribution is 6.39. The molecule has 0 spiro atoms. The van der Waals surface area contributed by atoms with Crippen molar-refractivity contribution in [3.63, 3.8) is 0 Å². The van der Waals surface area contributed by atoms with Gasteiger partial charge in [0.05, 0.1) is 6.10 Å². The molecule has 2 rings (SSSR count). The molecule has 1 aromatic carbocycles. The van der Waals surface area contributed by atoms with Crippen LogP contribution in [0.4, 0.5) is 5.69 Å². The Bertz CT molecular complexity index is 623. The summed E-state index contributed by atoms with van der Waals surface area (Å²) in [6.45, 7) is 9.16. The summed E-state index contributed by atoms with van der Waals surface area (Å²) in [5.41, 5.74) is 2.71. The standard InChI is InChI=1S/C20H31N3O3/c1-14(2)17-7-4-6-15(3)18(17)22-20(26)19(25)21-10-5-11-23-12-8-16(24)9-13-23/h4,6-7,14,16,24H,5,8-13H2,1-3H3,(H,21,25)(H,22,26). The van der Waals surface area contributed by atoms with E-state index in [1.165, 1.54) is 0 Å². The van der Waals surface area contributed by atoms with Crippen molar-refractivity contribution < 1.29 is 14.7 Å². The molecule has 1 aliphatic rings. The number of carbonyl (C=O) groups is 2. The summed E-state index contributed by atoms with van der Waals surface area (Å²) in [7, 11) is 0. The maximum absolute atomic E-state index is 12.2. The van der Waals surface area contributed by atoms with E-state index >= 15 is 0 Å². The molecule has 26 heavy (non-hydrogen) atoms. The number of nitrogens with one attached hydrogen (secondary N) is 2. The van der Waals surface area contributed by atoms with Crippen LogP contribution in [-0.4, -0.2) is 54.1 Å². The van der Waals surface area contributed by atoms with Crippen molar-refractivity contribution in [3.05, 3.63) is 29.3 Å². The fourth-order valence-corrected chi connectivity index (χ4v) is 3.24. The Balaban J connectivity index is 1.77. The van der Waals surface area contributed by atoms with E-state index in [0.29, 0.717) is 6.54 Å². The van der Waals surface area contributed by atoms with E-state index in [1.54, 1.807) is 0 Å². The highest BCUT2D eigenvalue weighted by Crippen LogP contribution is 2.27. The highest BCUT2D eigenvalue weighted by atomic mass is 16.3. The summed E-state index contributed by atoms with van der Waals surface area (Å²) in [5.74, 6) is -0.962. The van der Waals surface area contributed by atoms with Gasteiger partial charge in [-0.25, -0.2) is 0 Å². The summed E-state index contributed by atoms with van der Waals surface area (Å²) in [4.78, 5) is 26.6. The van der Waals surface area contributed by atoms with Gasteiger partial charge in [-0.1, -0.05) is 32.0 Å². The van der Waals surface area contributed by atoms with Crippen LogP contribution in [0.1, 0.15) is 50.2 Å². The van der Waals surface area contributed by atoms with Crippen LogP contribution < -0.4 is 10.6 Å². The number of aliphatic hydroxyl groups excluding tert-OH is 1. The van der Waals surface area contributed by atoms with Crippen LogP contribution >= 0.6 is 0 Å². The van der Waals surface area contributed by atoms with E-state index in [9.17, 15) is 14.7 Å². The Morgan fingerprint density at radius 1 is 1.23 bits per heavy atom. The second kappa shape index (κ2) is 9.69. The van der Waals surface area contributed by atoms with Crippen LogP contribution in [0.5, 0.6) is 0 Å². The van der Waals surface area contributed by atoms with Gasteiger partial charge in [-0.05, 0) is 49.8 Å². The van der Waals surface area contributed by atoms with Crippen molar-refractivity contribution in [2.24, 2.45) is 0 Å². The van der Waals surface area contributed by atoms with Gasteiger partial charge in [0.15, 0.2) is 0 Å². The number of rotatable bonds is 6. The largest absolute Gasteiger partial charge is 0.393 e. The normalized spacial score (nSPS) is 15.9. The maximum atomic E-state index is 12.2. The number of amides is 2. The number of carbonyl (C=O) groups excluding carboxylic acids is 2. The second-order valence-corrected chi connectivity index (χ2v) is 7.33. The summed E-state index contributed by atoms with van der Waals surface area (Å²) in [5, 5.41) is 15.0. The molecule has 3 N–H and O–H groups in total. The van der Waals surface area contributed by atoms with E-state index in [1.807, 2.05) is 25.1 Å². The second-order valence-electron chi connectivity index (χ2n) is 7.33. The minimum absolute atomic E-state index is 0.174. The van der Waals surface area contributed by atoms with Crippen molar-refractivity contribution in [1.29, 1.82) is 0 Å². The third kappa shape index (κ3) is 5.81. The Labute approximate surface area is 156 Å². The zero-order valence-corrected chi connectivity index (χ0v) is 16.0. The van der Waals surface area contributed by atoms with Crippen LogP contribution in [0.2, 0.25) is 0 Å². The fourth-order valence-electron chi connectivity index (χ4n) is 3.24. The molecule has 1 saturated heterocycles. The molecule has 6 heteroatoms. The van der Waals surface area contributed by atoms with Gasteiger partial charge >= 0.3 is 11.8 Å². The zero-order chi connectivity index (χ0) is 19.1. The molecule has 1 aliphatic heterocycles. The molecular weight excluding hydrogens is 330 g/mol. The Morgan fingerprint density at radius 2 is 1.92 bits per heavy atom. The molecule has 2 amide bonds. The Morgan fingerprint density at radius 3 is 2.58 bits per heavy atom. The summed E-state index contributed by atoms with van der Waals surface area (Å²) in [6.07, 6.45) is 2.23. The summed E-state index contributed by atoms with van der Waals surface area (Å²) in [6, 6.07) is 5.86. The van der Waals surface area contributed by atoms with Crippen molar-refractivity contribution in [1.82, 2.24) is 10.2 Å². The van der Waals surface area contributed by atoms with Gasteiger partial charge in [0.1, 0.15) is 0 Å². The Kier molecular flexibility index (Phi) is 7.60. The Hall–Kier alpha value is -1.92. The van der Waals surface area contributed by atoms with Gasteiger partial charge in [0, 0.05) is 25.3 Å². The lowest BCUT2D eigenvalue weighted by Gasteiger charge is -2.29. The van der Waals surface area contributed by atoms with E-state index in [0.717, 1.165) is 55.7 Å². The van der Waals surface area contributed by atoms with Gasteiger partial charge < -0.3 is 20.6 Å². The van der Waals surface area contributed by atoms with Gasteiger partial charge in [0.25, 0.3) is 0 Å². The molecule has 144 valence electrons. The smallest absolute Gasteiger partial charge is 0.313 e. The molecule has 0 unspecified atom stereocenters. The molecule has 1 fully saturated rings. The molecule has 0 radical (unpaired) electrons. The molecule has 1 aromatic rings. The number of aliphatic hydroxyl groups is 1. The van der Waals surface area contributed by atoms with Crippen molar-refractivity contribution in [2.75, 3.05) is 31.5 Å². The first-order valence-corrected chi connectivity index (χ1v) is 9.47. The van der Waals surface area contributed by atoms with Gasteiger partial charge in [-0.15, -0.1) is 0 Å². The number of piperidine rings is 1. The number of likely N-dealkylation sites (tertiary alicyclic amines) is 1. The number of nitrogens with zero attached hydrogens (tertiary/aromatic N) is 1. The third-order valence-corrected chi connectivity index (χ3v) is 4.87. The molecule has 0 aliphatic carbocycles. The highest BCUT2D eigenvalue weighted by Gasteiger charge is 2.18. The molecular formula is C20H31N3O3. The third-order valence-electron chi connectivity index (χ3n) is 4.87. The lowest BCUT2D eigenvalue weighted by molar-refractivity contribution is -0.136. The first-order valence-electron chi connectivity index (χ1n) is 9.47. The number of anilines is 1. The summed E-state index contributed by atoms with van der Waals surface area (Å²) < 4.78 is 0. The predicted molar refractivity (Wildman–Crippen MR) is 103 cm³/mol. The number of aryl methyl sites for hydroxylation is 1. The first-order chi connectivity index (χ1) is 12.4. The van der Waals surface area contributed by atoms with E-state index in [-0.39, 0.29) is 12.0 Å². The average molecular weight is 361 g/mol. The zero-order valence-electron chi connectivity index (χ0n) is 16.0. The number of hydrogen-bond donors (Lipinski definition) is 3. The molecule has 0 saturated carbocycles. The van der Waals surface area contributed by atoms with Gasteiger partial charge in [-0.2, -0.15) is 0 Å². The van der Waals surface area contributed by atoms with Crippen LogP contribution in [0.25, 0.3) is 0 Å². The first kappa shape index (κ1) is 20.4. The molecule has 6 nitrogen and oxygen atoms in total. The number of benzene rings is 1. The van der Waals surface area contributed by atoms with E-state index in [2.05, 4.69) is 29.4 Å². The predicted octanol–water partition coefficient (Wildman–Crippen LogP) is 2.02. The van der Waals surface area contributed by atoms with Crippen LogP contribution in [0, 0.1) is 6.92 Å². The number of hydrogen-bond acceptors (Lipinski definition) is 4. The van der Waals surface area contributed by atoms with Crippen LogP contribution in [0.15, 0.2) is 18.2 Å². The number of para-hydroxylation sites is 1. The van der Waals surface area contributed by atoms with Crippen molar-refractivity contribution in [2.45, 2.75) is 52.1 Å². The minimum atomic E-state index is -0.623. The molecule has 0 atom stereocenters. The molecule has 0 bridgehead atoms. The van der Waals surface area contributed by atoms with Crippen molar-refractivity contribution in [3.8, 4) is 0 Å². The topological polar surface area (TPSA) is 81.7 Å². The quantitative estimate of drug-likeness (QED) is 0.535. The molecule has 0 aromatic heterocycles. The average Bonchev–Trinajstić information content (AvgIpc) is 2.61. The van der Waals surface area contributed by atoms with E-state index in [4.69, 9.17) is 0 Å². The van der Waals surface area contributed by atoms with Crippen molar-refractivity contribution >= 4 is 17.5 Å². The molecule has 1 heterocycles. The lowest BCUT2D eigenvalue weighted by atomic mass is 9.98. The minimum Gasteiger partial charge on any atom is -0.393 e. The van der Waals surface area contributed by atoms with Gasteiger partial charge in [0.2, 0.25) is 0 Å².